The molecule has 3 N–H and O–H groups in total. The topological polar surface area (TPSA) is 237 Å². The molecule has 3 unspecified atom stereocenters. The third-order valence-electron chi connectivity index (χ3n) is 21.5. The van der Waals surface area contributed by atoms with Crippen LogP contribution in [0.1, 0.15) is 479 Å². The highest BCUT2D eigenvalue weighted by atomic mass is 31.2. The van der Waals surface area contributed by atoms with Crippen LogP contribution in [0.4, 0.5) is 0 Å². The number of hydrogen-bond acceptors (Lipinski definition) is 15. The van der Waals surface area contributed by atoms with Crippen molar-refractivity contribution >= 4 is 39.5 Å². The van der Waals surface area contributed by atoms with E-state index in [2.05, 4.69) is 48.5 Å². The highest BCUT2D eigenvalue weighted by molar-refractivity contribution is 7.47. The maximum atomic E-state index is 13.2. The molecule has 0 aromatic heterocycles. The number of aliphatic hydroxyl groups excluding tert-OH is 1. The van der Waals surface area contributed by atoms with Crippen LogP contribution in [0.25, 0.3) is 0 Å². The predicted molar refractivity (Wildman–Crippen MR) is 451 cm³/mol. The average Bonchev–Trinajstić information content (AvgIpc) is 0.898. The maximum absolute atomic E-state index is 13.2. The van der Waals surface area contributed by atoms with Crippen LogP contribution in [-0.2, 0) is 65.4 Å². The first-order valence-corrected chi connectivity index (χ1v) is 49.4. The molecule has 648 valence electrons. The van der Waals surface area contributed by atoms with Crippen molar-refractivity contribution in [3.63, 3.8) is 0 Å². The van der Waals surface area contributed by atoms with Gasteiger partial charge in [0.25, 0.3) is 0 Å². The smallest absolute Gasteiger partial charge is 0.462 e. The minimum atomic E-state index is -4.97. The normalized spacial score (nSPS) is 14.1. The Kier molecular flexibility index (Phi) is 78.5. The lowest BCUT2D eigenvalue weighted by atomic mass is 10.00. The molecule has 0 aromatic rings. The van der Waals surface area contributed by atoms with E-state index in [4.69, 9.17) is 37.0 Å². The number of ether oxygens (including phenoxy) is 4. The average molecular weight is 1590 g/mol. The van der Waals surface area contributed by atoms with Crippen LogP contribution in [-0.4, -0.2) is 96.7 Å². The van der Waals surface area contributed by atoms with Crippen molar-refractivity contribution in [3.8, 4) is 0 Å². The lowest BCUT2D eigenvalue weighted by Crippen LogP contribution is -2.30. The minimum Gasteiger partial charge on any atom is -0.462 e. The summed E-state index contributed by atoms with van der Waals surface area (Å²) in [7, 11) is -9.93. The summed E-state index contributed by atoms with van der Waals surface area (Å²) in [5.74, 6) is 0.244. The second-order valence-electron chi connectivity index (χ2n) is 33.5. The molecule has 0 heterocycles. The molecule has 0 saturated carbocycles. The number of aliphatic hydroxyl groups is 1. The van der Waals surface area contributed by atoms with Gasteiger partial charge in [-0.15, -0.1) is 0 Å². The van der Waals surface area contributed by atoms with E-state index in [1.807, 2.05) is 0 Å². The van der Waals surface area contributed by atoms with E-state index in [0.29, 0.717) is 25.7 Å². The minimum absolute atomic E-state index is 0.107. The second-order valence-corrected chi connectivity index (χ2v) is 36.4. The predicted octanol–water partition coefficient (Wildman–Crippen LogP) is 27.6. The summed E-state index contributed by atoms with van der Waals surface area (Å²) in [6.45, 7) is 12.0. The van der Waals surface area contributed by atoms with Crippen molar-refractivity contribution in [2.75, 3.05) is 39.6 Å². The number of hydrogen-bond donors (Lipinski definition) is 3. The van der Waals surface area contributed by atoms with Crippen molar-refractivity contribution in [1.82, 2.24) is 0 Å². The zero-order valence-corrected chi connectivity index (χ0v) is 73.8. The number of carbonyl (C=O) groups is 4. The van der Waals surface area contributed by atoms with Crippen LogP contribution in [0.3, 0.4) is 0 Å². The molecule has 0 amide bonds. The number of phosphoric ester groups is 2. The van der Waals surface area contributed by atoms with Crippen LogP contribution in [0.15, 0.2) is 0 Å². The van der Waals surface area contributed by atoms with Gasteiger partial charge in [-0.05, 0) is 43.4 Å². The molecular weight excluding hydrogens is 1410 g/mol. The zero-order valence-electron chi connectivity index (χ0n) is 72.0. The Morgan fingerprint density at radius 3 is 0.697 bits per heavy atom. The highest BCUT2D eigenvalue weighted by Gasteiger charge is 2.31. The Labute approximate surface area is 670 Å². The molecule has 0 radical (unpaired) electrons. The number of esters is 4. The third kappa shape index (κ3) is 82.4. The summed E-state index contributed by atoms with van der Waals surface area (Å²) >= 11 is 0. The monoisotopic (exact) mass is 1590 g/mol. The van der Waals surface area contributed by atoms with E-state index in [9.17, 15) is 43.2 Å². The molecule has 6 atom stereocenters. The highest BCUT2D eigenvalue weighted by Crippen LogP contribution is 2.45. The number of rotatable bonds is 88. The number of phosphoric acid groups is 2. The lowest BCUT2D eigenvalue weighted by molar-refractivity contribution is -0.161. The van der Waals surface area contributed by atoms with Gasteiger partial charge in [0.15, 0.2) is 12.2 Å². The van der Waals surface area contributed by atoms with Crippen LogP contribution < -0.4 is 0 Å². The van der Waals surface area contributed by atoms with Gasteiger partial charge in [0.2, 0.25) is 0 Å². The van der Waals surface area contributed by atoms with Gasteiger partial charge < -0.3 is 33.8 Å². The van der Waals surface area contributed by atoms with Crippen molar-refractivity contribution in [2.24, 2.45) is 17.8 Å². The summed E-state index contributed by atoms with van der Waals surface area (Å²) in [5, 5.41) is 10.7. The molecule has 0 aliphatic carbocycles. The van der Waals surface area contributed by atoms with Crippen LogP contribution >= 0.6 is 15.6 Å². The SMILES string of the molecule is CCCCCCCCCCCCCCCCCCCCCCCC(=O)OC[C@H](COP(=O)(O)OC[C@@H](O)COP(=O)(O)OC[C@@H](COC(=O)CCCCCCCCC(C)CC)OC(=O)CCCCCCCCCCCCCCCCC(C)C)OC(=O)CCCCCCCCCCCCCCCCCCCCC(C)C. The fourth-order valence-corrected chi connectivity index (χ4v) is 15.6. The molecule has 0 rings (SSSR count). The molecule has 0 fully saturated rings. The summed E-state index contributed by atoms with van der Waals surface area (Å²) in [4.78, 5) is 73.3. The summed E-state index contributed by atoms with van der Waals surface area (Å²) in [5.41, 5.74) is 0. The van der Waals surface area contributed by atoms with Gasteiger partial charge in [-0.1, -0.05) is 427 Å². The Morgan fingerprint density at radius 2 is 0.468 bits per heavy atom. The first-order chi connectivity index (χ1) is 52.8. The van der Waals surface area contributed by atoms with Gasteiger partial charge in [-0.25, -0.2) is 9.13 Å². The Bertz CT molecular complexity index is 2100. The fourth-order valence-electron chi connectivity index (χ4n) is 14.0. The Morgan fingerprint density at radius 1 is 0.266 bits per heavy atom. The molecule has 17 nitrogen and oxygen atoms in total. The molecule has 19 heteroatoms. The first-order valence-electron chi connectivity index (χ1n) is 46.4. The lowest BCUT2D eigenvalue weighted by Gasteiger charge is -2.21. The molecular formula is C90H176O17P2. The van der Waals surface area contributed by atoms with Gasteiger partial charge in [-0.2, -0.15) is 0 Å². The maximum Gasteiger partial charge on any atom is 0.472 e. The summed E-state index contributed by atoms with van der Waals surface area (Å²) in [6.07, 6.45) is 72.4. The molecule has 0 aliphatic rings. The largest absolute Gasteiger partial charge is 0.472 e. The van der Waals surface area contributed by atoms with Gasteiger partial charge in [0, 0.05) is 25.7 Å². The second kappa shape index (κ2) is 79.9. The quantitative estimate of drug-likeness (QED) is 0.0222. The van der Waals surface area contributed by atoms with Crippen molar-refractivity contribution in [1.29, 1.82) is 0 Å². The van der Waals surface area contributed by atoms with Gasteiger partial charge in [-0.3, -0.25) is 37.3 Å². The molecule has 0 saturated heterocycles. The Balaban J connectivity index is 5.22. The molecule has 0 aromatic carbocycles. The van der Waals surface area contributed by atoms with Crippen LogP contribution in [0.5, 0.6) is 0 Å². The van der Waals surface area contributed by atoms with E-state index in [1.165, 1.54) is 283 Å². The first kappa shape index (κ1) is 107. The van der Waals surface area contributed by atoms with E-state index < -0.39 is 97.5 Å². The van der Waals surface area contributed by atoms with Crippen molar-refractivity contribution < 1.29 is 80.2 Å². The molecule has 109 heavy (non-hydrogen) atoms. The number of carbonyl (C=O) groups excluding carboxylic acids is 4. The molecule has 0 bridgehead atoms. The van der Waals surface area contributed by atoms with Crippen molar-refractivity contribution in [2.45, 2.75) is 497 Å². The van der Waals surface area contributed by atoms with Crippen molar-refractivity contribution in [3.05, 3.63) is 0 Å². The van der Waals surface area contributed by atoms with Gasteiger partial charge >= 0.3 is 39.5 Å². The molecule has 0 aliphatic heterocycles. The summed E-state index contributed by atoms with van der Waals surface area (Å²) in [6, 6.07) is 0. The fraction of sp³-hybridized carbons (Fsp3) is 0.956. The zero-order chi connectivity index (χ0) is 80.0. The standard InChI is InChI=1S/C90H176O17P2/c1-8-10-11-12-13-14-15-16-17-18-19-20-21-25-28-34-39-44-49-57-64-71-87(92)100-77-85(106-89(94)73-66-59-50-45-40-35-29-26-23-22-24-27-32-37-42-47-54-61-68-81(3)4)79-104-108(96,97)102-75-84(91)76-103-109(98,99)105-80-86(78-101-88(93)72-65-58-53-52-56-63-70-83(7)9-2)107-90(95)74-67-60-51-46-41-36-31-30-33-38-43-48-55-62-69-82(5)6/h81-86,91H,8-80H2,1-7H3,(H,96,97)(H,98,99)/t83?,84-,85-,86-/m1/s1. The summed E-state index contributed by atoms with van der Waals surface area (Å²) < 4.78 is 69.0. The van der Waals surface area contributed by atoms with Gasteiger partial charge in [0.05, 0.1) is 26.4 Å². The van der Waals surface area contributed by atoms with E-state index in [1.54, 1.807) is 0 Å². The van der Waals surface area contributed by atoms with Gasteiger partial charge in [0.1, 0.15) is 19.3 Å². The van der Waals surface area contributed by atoms with E-state index in [0.717, 1.165) is 114 Å². The third-order valence-corrected chi connectivity index (χ3v) is 23.4. The molecule has 0 spiro atoms. The van der Waals surface area contributed by atoms with Crippen LogP contribution in [0, 0.1) is 17.8 Å². The van der Waals surface area contributed by atoms with E-state index in [-0.39, 0.29) is 25.7 Å². The van der Waals surface area contributed by atoms with E-state index >= 15 is 0 Å². The Hall–Kier alpha value is -1.94. The van der Waals surface area contributed by atoms with Crippen LogP contribution in [0.2, 0.25) is 0 Å². The number of unbranched alkanes of at least 4 members (excludes halogenated alkanes) is 55.